The van der Waals surface area contributed by atoms with Gasteiger partial charge in [-0.2, -0.15) is 0 Å². The lowest BCUT2D eigenvalue weighted by Crippen LogP contribution is -2.02. The maximum Gasteiger partial charge on any atom is 0.335 e. The lowest BCUT2D eigenvalue weighted by Gasteiger charge is -2.04. The smallest absolute Gasteiger partial charge is 0.335 e. The Morgan fingerprint density at radius 1 is 1.25 bits per heavy atom. The van der Waals surface area contributed by atoms with Crippen molar-refractivity contribution in [3.8, 4) is 0 Å². The van der Waals surface area contributed by atoms with Gasteiger partial charge < -0.3 is 5.11 Å². The molecule has 3 aromatic rings. The molecule has 3 rings (SSSR count). The number of aromatic carboxylic acids is 1. The molecule has 1 N–H and O–H groups in total. The number of carboxylic acid groups (broad SMARTS) is 1. The van der Waals surface area contributed by atoms with Gasteiger partial charge in [-0.3, -0.25) is 0 Å². The van der Waals surface area contributed by atoms with E-state index in [1.807, 2.05) is 25.1 Å². The van der Waals surface area contributed by atoms with Gasteiger partial charge in [-0.25, -0.2) is 9.48 Å². The normalized spacial score (nSPS) is 10.8. The number of carboxylic acids is 1. The van der Waals surface area contributed by atoms with Crippen LogP contribution < -0.4 is 0 Å². The number of benzene rings is 2. The molecule has 0 radical (unpaired) electrons. The van der Waals surface area contributed by atoms with Crippen molar-refractivity contribution in [1.29, 1.82) is 0 Å². The molecule has 0 amide bonds. The van der Waals surface area contributed by atoms with Crippen molar-refractivity contribution < 1.29 is 9.90 Å². The second kappa shape index (κ2) is 4.77. The van der Waals surface area contributed by atoms with E-state index in [1.165, 1.54) is 11.6 Å². The van der Waals surface area contributed by atoms with Crippen molar-refractivity contribution in [3.63, 3.8) is 0 Å². The molecular formula is C15H13N3O2. The van der Waals surface area contributed by atoms with Crippen molar-refractivity contribution in [2.45, 2.75) is 13.5 Å². The van der Waals surface area contributed by atoms with E-state index in [1.54, 1.807) is 16.8 Å². The summed E-state index contributed by atoms with van der Waals surface area (Å²) in [6.07, 6.45) is 0. The molecule has 0 aliphatic carbocycles. The minimum atomic E-state index is -0.958. The third kappa shape index (κ3) is 2.25. The first-order chi connectivity index (χ1) is 9.63. The van der Waals surface area contributed by atoms with E-state index in [0.29, 0.717) is 12.1 Å². The van der Waals surface area contributed by atoms with Crippen LogP contribution in [0.3, 0.4) is 0 Å². The van der Waals surface area contributed by atoms with Gasteiger partial charge in [-0.15, -0.1) is 5.10 Å². The van der Waals surface area contributed by atoms with E-state index in [-0.39, 0.29) is 5.56 Å². The van der Waals surface area contributed by atoms with Gasteiger partial charge in [0.2, 0.25) is 0 Å². The molecule has 2 aromatic carbocycles. The minimum Gasteiger partial charge on any atom is -0.478 e. The number of aromatic nitrogens is 3. The molecule has 20 heavy (non-hydrogen) atoms. The predicted molar refractivity (Wildman–Crippen MR) is 74.8 cm³/mol. The van der Waals surface area contributed by atoms with Crippen LogP contribution in [0.25, 0.3) is 11.0 Å². The summed E-state index contributed by atoms with van der Waals surface area (Å²) in [5, 5.41) is 17.1. The van der Waals surface area contributed by atoms with E-state index in [2.05, 4.69) is 16.4 Å². The zero-order chi connectivity index (χ0) is 14.1. The van der Waals surface area contributed by atoms with E-state index in [9.17, 15) is 4.79 Å². The molecule has 1 heterocycles. The van der Waals surface area contributed by atoms with Gasteiger partial charge in [0.05, 0.1) is 17.6 Å². The Bertz CT molecular complexity index is 793. The molecule has 0 saturated heterocycles. The summed E-state index contributed by atoms with van der Waals surface area (Å²) in [5.74, 6) is -0.958. The zero-order valence-electron chi connectivity index (χ0n) is 10.9. The summed E-state index contributed by atoms with van der Waals surface area (Å²) in [4.78, 5) is 10.9. The topological polar surface area (TPSA) is 68.0 Å². The highest BCUT2D eigenvalue weighted by molar-refractivity contribution is 5.92. The van der Waals surface area contributed by atoms with E-state index in [4.69, 9.17) is 5.11 Å². The molecule has 0 atom stereocenters. The fraction of sp³-hybridized carbons (Fsp3) is 0.133. The first-order valence-corrected chi connectivity index (χ1v) is 6.25. The molecule has 0 aliphatic heterocycles. The maximum atomic E-state index is 10.9. The van der Waals surface area contributed by atoms with Crippen LogP contribution in [0.5, 0.6) is 0 Å². The molecule has 0 saturated carbocycles. The van der Waals surface area contributed by atoms with Crippen LogP contribution in [0.2, 0.25) is 0 Å². The quantitative estimate of drug-likeness (QED) is 0.791. The maximum absolute atomic E-state index is 10.9. The number of nitrogens with zero attached hydrogens (tertiary/aromatic N) is 3. The Morgan fingerprint density at radius 2 is 2.10 bits per heavy atom. The second-order valence-corrected chi connectivity index (χ2v) is 4.74. The van der Waals surface area contributed by atoms with Crippen molar-refractivity contribution in [2.24, 2.45) is 0 Å². The van der Waals surface area contributed by atoms with Crippen LogP contribution in [0.1, 0.15) is 21.5 Å². The molecule has 100 valence electrons. The second-order valence-electron chi connectivity index (χ2n) is 4.74. The van der Waals surface area contributed by atoms with E-state index < -0.39 is 5.97 Å². The minimum absolute atomic E-state index is 0.222. The van der Waals surface area contributed by atoms with Gasteiger partial charge in [-0.1, -0.05) is 35.0 Å². The van der Waals surface area contributed by atoms with Crippen LogP contribution >= 0.6 is 0 Å². The third-order valence-electron chi connectivity index (χ3n) is 3.18. The Labute approximate surface area is 115 Å². The van der Waals surface area contributed by atoms with Gasteiger partial charge in [0.25, 0.3) is 0 Å². The van der Waals surface area contributed by atoms with Crippen molar-refractivity contribution in [1.82, 2.24) is 15.0 Å². The average Bonchev–Trinajstić information content (AvgIpc) is 2.81. The average molecular weight is 267 g/mol. The summed E-state index contributed by atoms with van der Waals surface area (Å²) in [5.41, 5.74) is 3.98. The van der Waals surface area contributed by atoms with E-state index in [0.717, 1.165) is 11.1 Å². The predicted octanol–water partition coefficient (Wildman–Crippen LogP) is 2.49. The highest BCUT2D eigenvalue weighted by atomic mass is 16.4. The van der Waals surface area contributed by atoms with Gasteiger partial charge in [0.1, 0.15) is 5.52 Å². The van der Waals surface area contributed by atoms with Gasteiger partial charge in [-0.05, 0) is 30.7 Å². The third-order valence-corrected chi connectivity index (χ3v) is 3.18. The Balaban J connectivity index is 1.98. The zero-order valence-corrected chi connectivity index (χ0v) is 10.9. The SMILES string of the molecule is Cc1cccc(Cn2nnc3cc(C(=O)O)ccc32)c1. The number of carbonyl (C=O) groups is 1. The Morgan fingerprint density at radius 3 is 2.85 bits per heavy atom. The number of hydrogen-bond donors (Lipinski definition) is 1. The van der Waals surface area contributed by atoms with Crippen LogP contribution in [0.15, 0.2) is 42.5 Å². The van der Waals surface area contributed by atoms with Crippen LogP contribution in [0, 0.1) is 6.92 Å². The Hall–Kier alpha value is -2.69. The highest BCUT2D eigenvalue weighted by Gasteiger charge is 2.09. The summed E-state index contributed by atoms with van der Waals surface area (Å²) in [7, 11) is 0. The summed E-state index contributed by atoms with van der Waals surface area (Å²) < 4.78 is 1.77. The number of rotatable bonds is 3. The largest absolute Gasteiger partial charge is 0.478 e. The first kappa shape index (κ1) is 12.3. The number of fused-ring (bicyclic) bond motifs is 1. The first-order valence-electron chi connectivity index (χ1n) is 6.25. The van der Waals surface area contributed by atoms with Gasteiger partial charge in [0.15, 0.2) is 0 Å². The molecule has 5 nitrogen and oxygen atoms in total. The van der Waals surface area contributed by atoms with Crippen LogP contribution in [-0.4, -0.2) is 26.1 Å². The molecule has 0 aliphatic rings. The molecule has 0 spiro atoms. The number of hydrogen-bond acceptors (Lipinski definition) is 3. The molecule has 0 unspecified atom stereocenters. The standard InChI is InChI=1S/C15H13N3O2/c1-10-3-2-4-11(7-10)9-18-14-6-5-12(15(19)20)8-13(14)16-17-18/h2-8H,9H2,1H3,(H,19,20). The Kier molecular flexibility index (Phi) is 2.95. The van der Waals surface area contributed by atoms with Crippen LogP contribution in [0.4, 0.5) is 0 Å². The van der Waals surface area contributed by atoms with E-state index >= 15 is 0 Å². The summed E-state index contributed by atoms with van der Waals surface area (Å²) in [6, 6.07) is 13.0. The summed E-state index contributed by atoms with van der Waals surface area (Å²) >= 11 is 0. The van der Waals surface area contributed by atoms with Gasteiger partial charge in [0, 0.05) is 0 Å². The van der Waals surface area contributed by atoms with Crippen LogP contribution in [-0.2, 0) is 6.54 Å². The highest BCUT2D eigenvalue weighted by Crippen LogP contribution is 2.15. The fourth-order valence-electron chi connectivity index (χ4n) is 2.21. The molecular weight excluding hydrogens is 254 g/mol. The van der Waals surface area contributed by atoms with Crippen molar-refractivity contribution >= 4 is 17.0 Å². The molecule has 1 aromatic heterocycles. The lowest BCUT2D eigenvalue weighted by atomic mass is 10.1. The molecule has 0 fully saturated rings. The lowest BCUT2D eigenvalue weighted by molar-refractivity contribution is 0.0697. The van der Waals surface area contributed by atoms with Gasteiger partial charge >= 0.3 is 5.97 Å². The fourth-order valence-corrected chi connectivity index (χ4v) is 2.21. The monoisotopic (exact) mass is 267 g/mol. The summed E-state index contributed by atoms with van der Waals surface area (Å²) in [6.45, 7) is 2.66. The molecule has 5 heteroatoms. The molecule has 0 bridgehead atoms. The van der Waals surface area contributed by atoms with Crippen molar-refractivity contribution in [3.05, 3.63) is 59.2 Å². The van der Waals surface area contributed by atoms with Crippen molar-refractivity contribution in [2.75, 3.05) is 0 Å². The number of aryl methyl sites for hydroxylation is 1.